The number of rotatable bonds is 5. The Morgan fingerprint density at radius 2 is 1.81 bits per heavy atom. The van der Waals surface area contributed by atoms with E-state index >= 15 is 4.39 Å². The number of nitrogens with one attached hydrogen (secondary N) is 1. The van der Waals surface area contributed by atoms with Gasteiger partial charge in [0, 0.05) is 63.3 Å². The lowest BCUT2D eigenvalue weighted by Crippen LogP contribution is -2.50. The Kier molecular flexibility index (Phi) is 6.93. The van der Waals surface area contributed by atoms with Gasteiger partial charge in [0.2, 0.25) is 0 Å². The standard InChI is InChI=1S/C27H33FN6O2/c1-19-17-34(9-8-31(19)2)26-15-24(28)23(14-25(26)30-27(35)21-16-29-32(3)18-21)20-4-6-22(7-5-20)33-10-12-36-13-11-33/h4-7,14-16,18-19H,8-13,17H2,1-3H3,(H,30,35). The van der Waals surface area contributed by atoms with E-state index in [2.05, 4.69) is 39.1 Å². The second-order valence-electron chi connectivity index (χ2n) is 9.63. The first-order chi connectivity index (χ1) is 17.4. The summed E-state index contributed by atoms with van der Waals surface area (Å²) < 4.78 is 22.6. The molecule has 1 N–H and O–H groups in total. The van der Waals surface area contributed by atoms with Gasteiger partial charge in [-0.3, -0.25) is 9.48 Å². The van der Waals surface area contributed by atoms with Crippen LogP contribution in [0, 0.1) is 5.82 Å². The molecular formula is C27H33FN6O2. The molecule has 3 aromatic rings. The molecule has 2 saturated heterocycles. The summed E-state index contributed by atoms with van der Waals surface area (Å²) in [5, 5.41) is 7.13. The first kappa shape index (κ1) is 24.3. The van der Waals surface area contributed by atoms with Crippen molar-refractivity contribution in [1.82, 2.24) is 14.7 Å². The topological polar surface area (TPSA) is 65.9 Å². The van der Waals surface area contributed by atoms with Crippen LogP contribution in [0.3, 0.4) is 0 Å². The third-order valence-electron chi connectivity index (χ3n) is 7.16. The van der Waals surface area contributed by atoms with Crippen molar-refractivity contribution in [1.29, 1.82) is 0 Å². The van der Waals surface area contributed by atoms with Crippen molar-refractivity contribution in [2.45, 2.75) is 13.0 Å². The summed E-state index contributed by atoms with van der Waals surface area (Å²) in [5.74, 6) is -0.582. The van der Waals surface area contributed by atoms with E-state index in [0.717, 1.165) is 44.0 Å². The van der Waals surface area contributed by atoms with E-state index in [4.69, 9.17) is 4.74 Å². The number of likely N-dealkylation sites (N-methyl/N-ethyl adjacent to an activating group) is 1. The van der Waals surface area contributed by atoms with Crippen LogP contribution in [0.4, 0.5) is 21.5 Å². The highest BCUT2D eigenvalue weighted by molar-refractivity contribution is 6.06. The van der Waals surface area contributed by atoms with Gasteiger partial charge < -0.3 is 24.8 Å². The molecule has 2 aliphatic heterocycles. The lowest BCUT2D eigenvalue weighted by atomic mass is 10.0. The summed E-state index contributed by atoms with van der Waals surface area (Å²) in [6.07, 6.45) is 3.20. The van der Waals surface area contributed by atoms with Crippen molar-refractivity contribution in [2.24, 2.45) is 7.05 Å². The Morgan fingerprint density at radius 1 is 1.06 bits per heavy atom. The zero-order chi connectivity index (χ0) is 25.2. The molecule has 0 radical (unpaired) electrons. The first-order valence-corrected chi connectivity index (χ1v) is 12.4. The lowest BCUT2D eigenvalue weighted by molar-refractivity contribution is 0.102. The fraction of sp³-hybridized carbons (Fsp3) is 0.407. The molecule has 5 rings (SSSR count). The van der Waals surface area contributed by atoms with Gasteiger partial charge in [0.25, 0.3) is 5.91 Å². The smallest absolute Gasteiger partial charge is 0.258 e. The van der Waals surface area contributed by atoms with Crippen molar-refractivity contribution in [2.75, 3.05) is 68.1 Å². The Bertz CT molecular complexity index is 1220. The number of piperazine rings is 1. The Labute approximate surface area is 211 Å². The number of halogens is 1. The number of morpholine rings is 1. The van der Waals surface area contributed by atoms with Crippen LogP contribution in [0.25, 0.3) is 11.1 Å². The molecule has 0 bridgehead atoms. The molecule has 0 aliphatic carbocycles. The Morgan fingerprint density at radius 3 is 2.47 bits per heavy atom. The van der Waals surface area contributed by atoms with Gasteiger partial charge in [-0.25, -0.2) is 4.39 Å². The van der Waals surface area contributed by atoms with Gasteiger partial charge in [-0.2, -0.15) is 5.10 Å². The summed E-state index contributed by atoms with van der Waals surface area (Å²) >= 11 is 0. The maximum Gasteiger partial charge on any atom is 0.258 e. The van der Waals surface area contributed by atoms with Crippen LogP contribution >= 0.6 is 0 Å². The van der Waals surface area contributed by atoms with Crippen molar-refractivity contribution < 1.29 is 13.9 Å². The van der Waals surface area contributed by atoms with Gasteiger partial charge in [0.15, 0.2) is 0 Å². The summed E-state index contributed by atoms with van der Waals surface area (Å²) in [6.45, 7) is 7.63. The average molecular weight is 493 g/mol. The number of amides is 1. The van der Waals surface area contributed by atoms with Crippen LogP contribution in [-0.4, -0.2) is 79.6 Å². The monoisotopic (exact) mass is 492 g/mol. The molecule has 9 heteroatoms. The van der Waals surface area contributed by atoms with Gasteiger partial charge >= 0.3 is 0 Å². The van der Waals surface area contributed by atoms with Crippen molar-refractivity contribution in [3.05, 3.63) is 60.2 Å². The number of anilines is 3. The maximum absolute atomic E-state index is 15.6. The molecule has 1 atom stereocenters. The number of carbonyl (C=O) groups is 1. The van der Waals surface area contributed by atoms with E-state index in [9.17, 15) is 4.79 Å². The quantitative estimate of drug-likeness (QED) is 0.589. The number of aryl methyl sites for hydroxylation is 1. The van der Waals surface area contributed by atoms with Crippen LogP contribution < -0.4 is 15.1 Å². The minimum absolute atomic E-state index is 0.272. The van der Waals surface area contributed by atoms with Gasteiger partial charge in [-0.1, -0.05) is 12.1 Å². The highest BCUT2D eigenvalue weighted by Crippen LogP contribution is 2.36. The van der Waals surface area contributed by atoms with Crippen molar-refractivity contribution in [3.8, 4) is 11.1 Å². The van der Waals surface area contributed by atoms with Crippen LogP contribution in [0.1, 0.15) is 17.3 Å². The fourth-order valence-corrected chi connectivity index (χ4v) is 4.82. The number of hydrogen-bond donors (Lipinski definition) is 1. The van der Waals surface area contributed by atoms with Gasteiger partial charge in [-0.15, -0.1) is 0 Å². The minimum Gasteiger partial charge on any atom is -0.378 e. The van der Waals surface area contributed by atoms with Gasteiger partial charge in [0.05, 0.1) is 36.3 Å². The van der Waals surface area contributed by atoms with Crippen molar-refractivity contribution >= 4 is 23.0 Å². The average Bonchev–Trinajstić information content (AvgIpc) is 3.33. The molecular weight excluding hydrogens is 459 g/mol. The molecule has 1 unspecified atom stereocenters. The number of benzene rings is 2. The first-order valence-electron chi connectivity index (χ1n) is 12.4. The molecule has 3 heterocycles. The van der Waals surface area contributed by atoms with E-state index in [0.29, 0.717) is 41.8 Å². The summed E-state index contributed by atoms with van der Waals surface area (Å²) in [4.78, 5) is 19.7. The van der Waals surface area contributed by atoms with Gasteiger partial charge in [0.1, 0.15) is 5.82 Å². The Balaban J connectivity index is 1.48. The molecule has 2 aliphatic rings. The van der Waals surface area contributed by atoms with E-state index in [1.807, 2.05) is 24.3 Å². The highest BCUT2D eigenvalue weighted by atomic mass is 19.1. The summed E-state index contributed by atoms with van der Waals surface area (Å²) in [6, 6.07) is 11.5. The van der Waals surface area contributed by atoms with Crippen LogP contribution in [0.2, 0.25) is 0 Å². The molecule has 0 spiro atoms. The van der Waals surface area contributed by atoms with E-state index < -0.39 is 0 Å². The molecule has 36 heavy (non-hydrogen) atoms. The van der Waals surface area contributed by atoms with Crippen LogP contribution in [0.15, 0.2) is 48.8 Å². The van der Waals surface area contributed by atoms with E-state index in [1.54, 1.807) is 30.1 Å². The zero-order valence-corrected chi connectivity index (χ0v) is 21.1. The number of aromatic nitrogens is 2. The number of carbonyl (C=O) groups excluding carboxylic acids is 1. The second kappa shape index (κ2) is 10.3. The van der Waals surface area contributed by atoms with E-state index in [1.165, 1.54) is 6.20 Å². The molecule has 2 fully saturated rings. The minimum atomic E-state index is -0.310. The molecule has 0 saturated carbocycles. The predicted octanol–water partition coefficient (Wildman–Crippen LogP) is 3.46. The zero-order valence-electron chi connectivity index (χ0n) is 21.1. The molecule has 190 valence electrons. The van der Waals surface area contributed by atoms with Crippen molar-refractivity contribution in [3.63, 3.8) is 0 Å². The molecule has 1 aromatic heterocycles. The van der Waals surface area contributed by atoms with Crippen LogP contribution in [0.5, 0.6) is 0 Å². The Hall–Kier alpha value is -3.43. The summed E-state index contributed by atoms with van der Waals surface area (Å²) in [5.41, 5.74) is 4.05. The largest absolute Gasteiger partial charge is 0.378 e. The highest BCUT2D eigenvalue weighted by Gasteiger charge is 2.25. The van der Waals surface area contributed by atoms with Crippen LogP contribution in [-0.2, 0) is 11.8 Å². The molecule has 2 aromatic carbocycles. The third-order valence-corrected chi connectivity index (χ3v) is 7.16. The maximum atomic E-state index is 15.6. The SMILES string of the molecule is CC1CN(c2cc(F)c(-c3ccc(N4CCOCC4)cc3)cc2NC(=O)c2cnn(C)c2)CCN1C. The predicted molar refractivity (Wildman–Crippen MR) is 140 cm³/mol. The number of hydrogen-bond acceptors (Lipinski definition) is 6. The van der Waals surface area contributed by atoms with E-state index in [-0.39, 0.29) is 11.7 Å². The molecule has 1 amide bonds. The lowest BCUT2D eigenvalue weighted by Gasteiger charge is -2.39. The second-order valence-corrected chi connectivity index (χ2v) is 9.63. The number of ether oxygens (including phenoxy) is 1. The third kappa shape index (κ3) is 5.08. The fourth-order valence-electron chi connectivity index (χ4n) is 4.82. The normalized spacial score (nSPS) is 18.9. The molecule has 8 nitrogen and oxygen atoms in total. The number of nitrogens with zero attached hydrogens (tertiary/aromatic N) is 5. The van der Waals surface area contributed by atoms with Gasteiger partial charge in [-0.05, 0) is 43.8 Å². The summed E-state index contributed by atoms with van der Waals surface area (Å²) in [7, 11) is 3.86.